The molecule has 0 saturated carbocycles. The number of hydrogen-bond donors (Lipinski definition) is 1. The van der Waals surface area contributed by atoms with Gasteiger partial charge in [0.15, 0.2) is 3.92 Å². The second kappa shape index (κ2) is 8.22. The van der Waals surface area contributed by atoms with E-state index < -0.39 is 6.10 Å². The summed E-state index contributed by atoms with van der Waals surface area (Å²) in [5.74, 6) is 0. The molecule has 3 aromatic rings. The molecule has 3 nitrogen and oxygen atoms in total. The molecule has 2 aromatic heterocycles. The summed E-state index contributed by atoms with van der Waals surface area (Å²) in [5.41, 5.74) is 2.39. The highest BCUT2D eigenvalue weighted by atomic mass is 79.9. The van der Waals surface area contributed by atoms with E-state index in [0.29, 0.717) is 15.6 Å². The highest BCUT2D eigenvalue weighted by Crippen LogP contribution is 2.29. The van der Waals surface area contributed by atoms with Crippen LogP contribution in [0.4, 0.5) is 0 Å². The van der Waals surface area contributed by atoms with Gasteiger partial charge in [0, 0.05) is 17.8 Å². The van der Waals surface area contributed by atoms with Crippen molar-refractivity contribution in [3.63, 3.8) is 0 Å². The molecule has 0 spiro atoms. The van der Waals surface area contributed by atoms with Crippen LogP contribution in [0.2, 0.25) is 10.0 Å². The van der Waals surface area contributed by atoms with Gasteiger partial charge >= 0.3 is 0 Å². The average molecular weight is 424 g/mol. The Morgan fingerprint density at radius 1 is 1.19 bits per heavy atom. The molecule has 2 heterocycles. The highest BCUT2D eigenvalue weighted by molar-refractivity contribution is 9.11. The average Bonchev–Trinajstić information content (AvgIpc) is 3.15. The number of aliphatic hydroxyl groups is 1. The third kappa shape index (κ3) is 5.02. The highest BCUT2D eigenvalue weighted by Gasteiger charge is 2.13. The smallest absolute Gasteiger partial charge is 0.159 e. The Morgan fingerprint density at radius 3 is 2.48 bits per heavy atom. The summed E-state index contributed by atoms with van der Waals surface area (Å²) in [6.07, 6.45) is 2.71. The standard InChI is InChI=1S/C10H7Cl2NOS.C3H2BrNS/c11-7-2-1-6(3-8(7)12)10(14)9-4-13-5-15-9;4-3-5-1-2-6-3/h1-5,10,14H;1-2H. The van der Waals surface area contributed by atoms with Crippen LogP contribution in [0, 0.1) is 0 Å². The van der Waals surface area contributed by atoms with Gasteiger partial charge in [-0.1, -0.05) is 29.3 Å². The van der Waals surface area contributed by atoms with Gasteiger partial charge in [0.05, 0.1) is 20.4 Å². The van der Waals surface area contributed by atoms with E-state index in [0.717, 1.165) is 8.79 Å². The van der Waals surface area contributed by atoms with Crippen molar-refractivity contribution < 1.29 is 5.11 Å². The zero-order valence-corrected chi connectivity index (χ0v) is 15.1. The molecule has 0 bridgehead atoms. The summed E-state index contributed by atoms with van der Waals surface area (Å²) in [7, 11) is 0. The summed E-state index contributed by atoms with van der Waals surface area (Å²) >= 11 is 17.8. The number of benzene rings is 1. The van der Waals surface area contributed by atoms with Gasteiger partial charge in [-0.3, -0.25) is 4.98 Å². The molecule has 0 aliphatic carbocycles. The summed E-state index contributed by atoms with van der Waals surface area (Å²) in [6.45, 7) is 0. The van der Waals surface area contributed by atoms with Crippen LogP contribution in [-0.4, -0.2) is 15.1 Å². The van der Waals surface area contributed by atoms with Crippen LogP contribution in [-0.2, 0) is 0 Å². The van der Waals surface area contributed by atoms with Crippen molar-refractivity contribution in [1.82, 2.24) is 9.97 Å². The van der Waals surface area contributed by atoms with Crippen LogP contribution in [0.15, 0.2) is 45.4 Å². The zero-order chi connectivity index (χ0) is 15.2. The van der Waals surface area contributed by atoms with E-state index in [1.807, 2.05) is 5.38 Å². The molecule has 1 aromatic carbocycles. The fourth-order valence-corrected chi connectivity index (χ4v) is 3.15. The molecule has 0 saturated heterocycles. The maximum Gasteiger partial charge on any atom is 0.159 e. The molecule has 8 heteroatoms. The molecular formula is C13H9BrCl2N2OS2. The van der Waals surface area contributed by atoms with Gasteiger partial charge in [-0.2, -0.15) is 0 Å². The van der Waals surface area contributed by atoms with Gasteiger partial charge in [-0.05, 0) is 33.6 Å². The zero-order valence-electron chi connectivity index (χ0n) is 10.4. The summed E-state index contributed by atoms with van der Waals surface area (Å²) in [6, 6.07) is 5.08. The second-order valence-corrected chi connectivity index (χ2v) is 7.67. The molecule has 21 heavy (non-hydrogen) atoms. The number of aromatic nitrogens is 2. The van der Waals surface area contributed by atoms with Crippen molar-refractivity contribution in [2.24, 2.45) is 0 Å². The maximum atomic E-state index is 9.96. The number of rotatable bonds is 2. The first kappa shape index (κ1) is 16.9. The fraction of sp³-hybridized carbons (Fsp3) is 0.0769. The first-order valence-corrected chi connectivity index (χ1v) is 8.95. The van der Waals surface area contributed by atoms with Gasteiger partial charge in [0.25, 0.3) is 0 Å². The van der Waals surface area contributed by atoms with Gasteiger partial charge in [-0.25, -0.2) is 4.98 Å². The van der Waals surface area contributed by atoms with Crippen molar-refractivity contribution in [3.05, 3.63) is 65.9 Å². The quantitative estimate of drug-likeness (QED) is 0.596. The molecule has 110 valence electrons. The Morgan fingerprint density at radius 2 is 2.00 bits per heavy atom. The van der Waals surface area contributed by atoms with E-state index in [-0.39, 0.29) is 0 Å². The van der Waals surface area contributed by atoms with Gasteiger partial charge in [-0.15, -0.1) is 22.7 Å². The number of hydrogen-bond acceptors (Lipinski definition) is 5. The lowest BCUT2D eigenvalue weighted by Crippen LogP contribution is -1.96. The normalized spacial score (nSPS) is 11.6. The Labute approximate surface area is 148 Å². The molecule has 0 aliphatic rings. The lowest BCUT2D eigenvalue weighted by atomic mass is 10.1. The largest absolute Gasteiger partial charge is 0.383 e. The molecule has 1 unspecified atom stereocenters. The van der Waals surface area contributed by atoms with E-state index in [4.69, 9.17) is 23.2 Å². The van der Waals surface area contributed by atoms with Crippen molar-refractivity contribution in [2.75, 3.05) is 0 Å². The first-order valence-electron chi connectivity index (χ1n) is 5.64. The third-order valence-electron chi connectivity index (χ3n) is 2.38. The van der Waals surface area contributed by atoms with E-state index in [9.17, 15) is 5.11 Å². The summed E-state index contributed by atoms with van der Waals surface area (Å²) in [5, 5.41) is 12.8. The molecule has 0 aliphatic heterocycles. The lowest BCUT2D eigenvalue weighted by molar-refractivity contribution is 0.224. The van der Waals surface area contributed by atoms with E-state index in [1.54, 1.807) is 47.4 Å². The topological polar surface area (TPSA) is 46.0 Å². The van der Waals surface area contributed by atoms with E-state index >= 15 is 0 Å². The van der Waals surface area contributed by atoms with Crippen LogP contribution >= 0.6 is 61.8 Å². The van der Waals surface area contributed by atoms with E-state index in [2.05, 4.69) is 25.9 Å². The lowest BCUT2D eigenvalue weighted by Gasteiger charge is -2.08. The van der Waals surface area contributed by atoms with Crippen LogP contribution in [0.5, 0.6) is 0 Å². The summed E-state index contributed by atoms with van der Waals surface area (Å²) in [4.78, 5) is 8.55. The molecule has 1 N–H and O–H groups in total. The van der Waals surface area contributed by atoms with Crippen LogP contribution in [0.1, 0.15) is 16.5 Å². The number of aliphatic hydroxyl groups excluding tert-OH is 1. The number of thiazole rings is 2. The summed E-state index contributed by atoms with van der Waals surface area (Å²) < 4.78 is 0.947. The van der Waals surface area contributed by atoms with Crippen LogP contribution in [0.3, 0.4) is 0 Å². The molecular weight excluding hydrogens is 415 g/mol. The number of nitrogens with zero attached hydrogens (tertiary/aromatic N) is 2. The second-order valence-electron chi connectivity index (χ2n) is 3.76. The van der Waals surface area contributed by atoms with Crippen molar-refractivity contribution in [1.29, 1.82) is 0 Å². The first-order chi connectivity index (χ1) is 10.1. The predicted molar refractivity (Wildman–Crippen MR) is 92.5 cm³/mol. The maximum absolute atomic E-state index is 9.96. The minimum Gasteiger partial charge on any atom is -0.383 e. The van der Waals surface area contributed by atoms with Gasteiger partial charge in [0.1, 0.15) is 6.10 Å². The van der Waals surface area contributed by atoms with E-state index in [1.165, 1.54) is 11.3 Å². The van der Waals surface area contributed by atoms with Crippen LogP contribution < -0.4 is 0 Å². The Kier molecular flexibility index (Phi) is 6.60. The van der Waals surface area contributed by atoms with Crippen LogP contribution in [0.25, 0.3) is 0 Å². The Balaban J connectivity index is 0.000000225. The molecule has 0 fully saturated rings. The fourth-order valence-electron chi connectivity index (χ4n) is 1.41. The molecule has 0 radical (unpaired) electrons. The van der Waals surface area contributed by atoms with Crippen molar-refractivity contribution in [2.45, 2.75) is 6.10 Å². The SMILES string of the molecule is Brc1nccs1.OC(c1ccc(Cl)c(Cl)c1)c1cncs1. The Hall–Kier alpha value is -0.500. The molecule has 0 amide bonds. The number of halogens is 3. The third-order valence-corrected chi connectivity index (χ3v) is 5.27. The van der Waals surface area contributed by atoms with Crippen molar-refractivity contribution in [3.8, 4) is 0 Å². The molecule has 1 atom stereocenters. The minimum absolute atomic E-state index is 0.442. The molecule has 3 rings (SSSR count). The van der Waals surface area contributed by atoms with Crippen molar-refractivity contribution >= 4 is 61.8 Å². The Bertz CT molecular complexity index is 678. The monoisotopic (exact) mass is 422 g/mol. The van der Waals surface area contributed by atoms with Gasteiger partial charge in [0.2, 0.25) is 0 Å². The van der Waals surface area contributed by atoms with Gasteiger partial charge < -0.3 is 5.11 Å². The minimum atomic E-state index is -0.688. The predicted octanol–water partition coefficient (Wildman–Crippen LogP) is 5.44.